The summed E-state index contributed by atoms with van der Waals surface area (Å²) in [5, 5.41) is 10.1. The molecule has 1 aromatic heterocycles. The first-order valence-corrected chi connectivity index (χ1v) is 12.2. The third kappa shape index (κ3) is 6.44. The Kier molecular flexibility index (Phi) is 7.30. The number of ether oxygens (including phenoxy) is 1. The summed E-state index contributed by atoms with van der Waals surface area (Å²) in [4.78, 5) is 50.3. The number of phosphoric ester groups is 1. The number of aliphatic hydroxyl groups excluding tert-OH is 1. The molecule has 2 heterocycles. The van der Waals surface area contributed by atoms with Crippen molar-refractivity contribution in [3.63, 3.8) is 0 Å². The fraction of sp³-hybridized carbons (Fsp3) is 0.600. The molecular weight excluding hydrogens is 501 g/mol. The second-order valence-corrected chi connectivity index (χ2v) is 10.6. The molecule has 6 atom stereocenters. The fourth-order valence-electron chi connectivity index (χ4n) is 2.45. The number of halogens is 2. The smallest absolute Gasteiger partial charge is 0.387 e. The molecule has 1 fully saturated rings. The van der Waals surface area contributed by atoms with Gasteiger partial charge in [0.05, 0.1) is 12.8 Å². The Hall–Kier alpha value is -1.13. The number of nitrogen functional groups attached to an aromatic ring is 1. The maximum absolute atomic E-state index is 15.0. The van der Waals surface area contributed by atoms with Crippen LogP contribution in [-0.2, 0) is 31.6 Å². The van der Waals surface area contributed by atoms with Crippen molar-refractivity contribution in [2.45, 2.75) is 31.0 Å². The average Bonchev–Trinajstić information content (AvgIpc) is 2.76. The van der Waals surface area contributed by atoms with Gasteiger partial charge in [0.15, 0.2) is 23.5 Å². The van der Waals surface area contributed by atoms with E-state index in [1.807, 2.05) is 0 Å². The minimum Gasteiger partial charge on any atom is -0.387 e. The van der Waals surface area contributed by atoms with Crippen LogP contribution < -0.4 is 11.4 Å². The van der Waals surface area contributed by atoms with Gasteiger partial charge in [0, 0.05) is 0 Å². The third-order valence-electron chi connectivity index (χ3n) is 3.72. The van der Waals surface area contributed by atoms with Gasteiger partial charge in [-0.1, -0.05) is 0 Å². The van der Waals surface area contributed by atoms with Gasteiger partial charge in [-0.2, -0.15) is 13.6 Å². The average molecular weight is 517 g/mol. The molecule has 0 saturated carbocycles. The zero-order valence-electron chi connectivity index (χ0n) is 15.1. The number of hydrogen-bond acceptors (Lipinski definition) is 11. The summed E-state index contributed by atoms with van der Waals surface area (Å²) in [5.74, 6) is -2.00. The SMILES string of the molecule is CC1(F)C(O)[C@@H](COP(=O)(O)OP(=O)(O)OP(=O)(O)O)O[C@H]1n1cc(F)c(N)nc1=O. The Labute approximate surface area is 170 Å². The van der Waals surface area contributed by atoms with Crippen LogP contribution in [0.15, 0.2) is 11.0 Å². The Morgan fingerprint density at radius 2 is 1.84 bits per heavy atom. The molecule has 31 heavy (non-hydrogen) atoms. The van der Waals surface area contributed by atoms with Crippen LogP contribution in [0.5, 0.6) is 0 Å². The van der Waals surface area contributed by atoms with Crippen molar-refractivity contribution in [2.75, 3.05) is 12.3 Å². The first-order chi connectivity index (χ1) is 13.8. The second kappa shape index (κ2) is 8.67. The lowest BCUT2D eigenvalue weighted by Gasteiger charge is -2.24. The van der Waals surface area contributed by atoms with E-state index in [9.17, 15) is 37.3 Å². The van der Waals surface area contributed by atoms with E-state index in [2.05, 4.69) is 18.1 Å². The summed E-state index contributed by atoms with van der Waals surface area (Å²) in [7, 11) is -17.0. The molecule has 0 aromatic carbocycles. The Bertz CT molecular complexity index is 1040. The third-order valence-corrected chi connectivity index (χ3v) is 7.52. The van der Waals surface area contributed by atoms with E-state index in [1.165, 1.54) is 0 Å². The van der Waals surface area contributed by atoms with Crippen LogP contribution in [0.25, 0.3) is 0 Å². The van der Waals surface area contributed by atoms with Crippen LogP contribution in [-0.4, -0.2) is 58.7 Å². The number of hydrogen-bond donors (Lipinski definition) is 6. The Morgan fingerprint density at radius 1 is 1.26 bits per heavy atom. The normalized spacial score (nSPS) is 30.6. The first-order valence-electron chi connectivity index (χ1n) is 7.69. The van der Waals surface area contributed by atoms with Gasteiger partial charge in [-0.15, -0.1) is 0 Å². The number of aromatic nitrogens is 2. The van der Waals surface area contributed by atoms with Crippen LogP contribution in [0.1, 0.15) is 13.2 Å². The number of alkyl halides is 1. The zero-order valence-corrected chi connectivity index (χ0v) is 17.8. The van der Waals surface area contributed by atoms with Gasteiger partial charge in [0.2, 0.25) is 0 Å². The first kappa shape index (κ1) is 26.1. The van der Waals surface area contributed by atoms with Crippen molar-refractivity contribution in [2.24, 2.45) is 0 Å². The highest BCUT2D eigenvalue weighted by molar-refractivity contribution is 7.66. The number of nitrogens with zero attached hydrogens (tertiary/aromatic N) is 2. The van der Waals surface area contributed by atoms with Gasteiger partial charge in [-0.3, -0.25) is 9.09 Å². The quantitative estimate of drug-likeness (QED) is 0.233. The number of rotatable bonds is 8. The summed E-state index contributed by atoms with van der Waals surface area (Å²) in [6, 6.07) is 0. The molecule has 1 aromatic rings. The summed E-state index contributed by atoms with van der Waals surface area (Å²) >= 11 is 0. The summed E-state index contributed by atoms with van der Waals surface area (Å²) in [5.41, 5.74) is 1.05. The molecule has 0 amide bonds. The van der Waals surface area contributed by atoms with Gasteiger partial charge >= 0.3 is 29.2 Å². The van der Waals surface area contributed by atoms with Gasteiger partial charge in [-0.25, -0.2) is 27.3 Å². The van der Waals surface area contributed by atoms with Gasteiger partial charge in [-0.05, 0) is 6.92 Å². The van der Waals surface area contributed by atoms with Crippen molar-refractivity contribution in [3.8, 4) is 0 Å². The minimum absolute atomic E-state index is 0.319. The molecule has 4 unspecified atom stereocenters. The molecule has 0 bridgehead atoms. The van der Waals surface area contributed by atoms with Crippen LogP contribution in [0.2, 0.25) is 0 Å². The highest BCUT2D eigenvalue weighted by Crippen LogP contribution is 2.66. The van der Waals surface area contributed by atoms with E-state index >= 15 is 0 Å². The van der Waals surface area contributed by atoms with E-state index in [4.69, 9.17) is 25.2 Å². The Balaban J connectivity index is 2.16. The molecule has 178 valence electrons. The van der Waals surface area contributed by atoms with Gasteiger partial charge < -0.3 is 35.2 Å². The predicted molar refractivity (Wildman–Crippen MR) is 92.1 cm³/mol. The van der Waals surface area contributed by atoms with Crippen molar-refractivity contribution in [3.05, 3.63) is 22.5 Å². The van der Waals surface area contributed by atoms with Gasteiger partial charge in [0.1, 0.15) is 12.2 Å². The van der Waals surface area contributed by atoms with Crippen molar-refractivity contribution in [1.29, 1.82) is 0 Å². The van der Waals surface area contributed by atoms with Crippen molar-refractivity contribution < 1.29 is 65.0 Å². The van der Waals surface area contributed by atoms with Crippen molar-refractivity contribution >= 4 is 29.3 Å². The van der Waals surface area contributed by atoms with Crippen molar-refractivity contribution in [1.82, 2.24) is 9.55 Å². The highest BCUT2D eigenvalue weighted by atomic mass is 31.3. The molecular formula is C10H16F2N3O13P3. The van der Waals surface area contributed by atoms with E-state index in [1.54, 1.807) is 0 Å². The van der Waals surface area contributed by atoms with E-state index in [0.29, 0.717) is 10.8 Å². The monoisotopic (exact) mass is 517 g/mol. The lowest BCUT2D eigenvalue weighted by molar-refractivity contribution is -0.0608. The molecule has 1 aliphatic rings. The standard InChI is InChI=1S/C10H16F2N3O13P3/c1-10(12)6(16)5(26-8(10)15-2-4(11)7(13)14-9(15)17)3-25-30(21,22)28-31(23,24)27-29(18,19)20/h2,5-6,8,16H,3H2,1H3,(H,21,22)(H,23,24)(H2,13,14,17)(H2,18,19,20)/t5-,6?,8-,10?/m1/s1. The molecule has 2 rings (SSSR count). The largest absolute Gasteiger partial charge is 0.490 e. The minimum atomic E-state index is -5.80. The molecule has 1 aliphatic heterocycles. The number of anilines is 1. The van der Waals surface area contributed by atoms with E-state index in [0.717, 1.165) is 6.92 Å². The lowest BCUT2D eigenvalue weighted by atomic mass is 9.98. The van der Waals surface area contributed by atoms with Crippen LogP contribution in [0.3, 0.4) is 0 Å². The number of phosphoric acid groups is 3. The fourth-order valence-corrected chi connectivity index (χ4v) is 5.48. The second-order valence-electron chi connectivity index (χ2n) is 6.17. The number of aliphatic hydroxyl groups is 1. The van der Waals surface area contributed by atoms with Gasteiger partial charge in [0.25, 0.3) is 0 Å². The Morgan fingerprint density at radius 3 is 2.39 bits per heavy atom. The highest BCUT2D eigenvalue weighted by Gasteiger charge is 2.56. The molecule has 0 aliphatic carbocycles. The molecule has 7 N–H and O–H groups in total. The van der Waals surface area contributed by atoms with Crippen LogP contribution >= 0.6 is 23.5 Å². The summed E-state index contributed by atoms with van der Waals surface area (Å²) < 4.78 is 78.7. The topological polar surface area (TPSA) is 250 Å². The zero-order chi connectivity index (χ0) is 24.0. The molecule has 0 radical (unpaired) electrons. The molecule has 1 saturated heterocycles. The van der Waals surface area contributed by atoms with Crippen LogP contribution in [0, 0.1) is 5.82 Å². The summed E-state index contributed by atoms with van der Waals surface area (Å²) in [6.45, 7) is -0.464. The molecule has 0 spiro atoms. The molecule has 21 heteroatoms. The lowest BCUT2D eigenvalue weighted by Crippen LogP contribution is -2.43. The van der Waals surface area contributed by atoms with E-state index < -0.39 is 71.5 Å². The molecule has 16 nitrogen and oxygen atoms in total. The maximum atomic E-state index is 15.0. The summed E-state index contributed by atoms with van der Waals surface area (Å²) in [6.07, 6.45) is -5.54. The predicted octanol–water partition coefficient (Wildman–Crippen LogP) is -0.706. The van der Waals surface area contributed by atoms with Crippen LogP contribution in [0.4, 0.5) is 14.6 Å². The maximum Gasteiger partial charge on any atom is 0.490 e. The number of nitrogens with two attached hydrogens (primary N) is 1. The van der Waals surface area contributed by atoms with E-state index in [-0.39, 0.29) is 0 Å².